The zero-order chi connectivity index (χ0) is 16.8. The molecule has 1 rings (SSSR count). The average molecular weight is 454 g/mol. The summed E-state index contributed by atoms with van der Waals surface area (Å²) in [6.07, 6.45) is 9.17. The molecule has 1 fully saturated rings. The molecule has 0 unspecified atom stereocenters. The van der Waals surface area contributed by atoms with Crippen molar-refractivity contribution in [1.29, 1.82) is 0 Å². The standard InChI is InChI=1S/C17H34N4O2.HI/c1-3-4-12-23-13-8-11-19-17(18-2)20-14-16(22)21-15-9-6-5-7-10-15;/h15H,3-14H2,1-2H3,(H,21,22)(H2,18,19,20);1H. The predicted molar refractivity (Wildman–Crippen MR) is 110 cm³/mol. The predicted octanol–water partition coefficient (Wildman–Crippen LogP) is 2.43. The van der Waals surface area contributed by atoms with Crippen LogP contribution in [0, 0.1) is 0 Å². The van der Waals surface area contributed by atoms with Crippen molar-refractivity contribution < 1.29 is 9.53 Å². The zero-order valence-corrected chi connectivity index (χ0v) is 17.6. The summed E-state index contributed by atoms with van der Waals surface area (Å²) in [6, 6.07) is 0.355. The highest BCUT2D eigenvalue weighted by atomic mass is 127. The van der Waals surface area contributed by atoms with E-state index >= 15 is 0 Å². The maximum Gasteiger partial charge on any atom is 0.239 e. The van der Waals surface area contributed by atoms with Crippen LogP contribution < -0.4 is 16.0 Å². The zero-order valence-electron chi connectivity index (χ0n) is 15.2. The van der Waals surface area contributed by atoms with Crippen molar-refractivity contribution in [3.05, 3.63) is 0 Å². The molecule has 142 valence electrons. The molecule has 0 heterocycles. The monoisotopic (exact) mass is 454 g/mol. The molecular formula is C17H35IN4O2. The minimum Gasteiger partial charge on any atom is -0.381 e. The summed E-state index contributed by atoms with van der Waals surface area (Å²) in [6.45, 7) is 4.81. The molecule has 0 spiro atoms. The van der Waals surface area contributed by atoms with Gasteiger partial charge in [-0.1, -0.05) is 32.6 Å². The van der Waals surface area contributed by atoms with E-state index in [1.54, 1.807) is 7.05 Å². The first-order valence-corrected chi connectivity index (χ1v) is 9.08. The lowest BCUT2D eigenvalue weighted by Gasteiger charge is -2.23. The van der Waals surface area contributed by atoms with E-state index in [-0.39, 0.29) is 36.4 Å². The van der Waals surface area contributed by atoms with E-state index in [4.69, 9.17) is 4.74 Å². The van der Waals surface area contributed by atoms with Gasteiger partial charge in [-0.15, -0.1) is 24.0 Å². The Balaban J connectivity index is 0.00000529. The molecule has 0 radical (unpaired) electrons. The number of amides is 1. The summed E-state index contributed by atoms with van der Waals surface area (Å²) in [5.74, 6) is 0.708. The van der Waals surface area contributed by atoms with Crippen molar-refractivity contribution in [2.45, 2.75) is 64.3 Å². The Bertz CT molecular complexity index is 347. The lowest BCUT2D eigenvalue weighted by molar-refractivity contribution is -0.120. The third kappa shape index (κ3) is 11.9. The lowest BCUT2D eigenvalue weighted by Crippen LogP contribution is -2.46. The van der Waals surface area contributed by atoms with E-state index in [9.17, 15) is 4.79 Å². The van der Waals surface area contributed by atoms with Crippen LogP contribution in [0.1, 0.15) is 58.3 Å². The van der Waals surface area contributed by atoms with Crippen LogP contribution in [0.3, 0.4) is 0 Å². The van der Waals surface area contributed by atoms with Crippen LogP contribution in [0.2, 0.25) is 0 Å². The third-order valence-corrected chi connectivity index (χ3v) is 4.01. The molecule has 0 atom stereocenters. The van der Waals surface area contributed by atoms with Gasteiger partial charge in [0.15, 0.2) is 5.96 Å². The molecule has 0 aromatic heterocycles. The molecule has 24 heavy (non-hydrogen) atoms. The van der Waals surface area contributed by atoms with Gasteiger partial charge in [-0.2, -0.15) is 0 Å². The number of aliphatic imine (C=N–C) groups is 1. The van der Waals surface area contributed by atoms with Gasteiger partial charge in [0.2, 0.25) is 5.91 Å². The Hall–Kier alpha value is -0.570. The highest BCUT2D eigenvalue weighted by Crippen LogP contribution is 2.16. The summed E-state index contributed by atoms with van der Waals surface area (Å²) in [7, 11) is 1.71. The van der Waals surface area contributed by atoms with Gasteiger partial charge < -0.3 is 20.7 Å². The van der Waals surface area contributed by atoms with Gasteiger partial charge in [0.25, 0.3) is 0 Å². The van der Waals surface area contributed by atoms with Crippen LogP contribution in [0.5, 0.6) is 0 Å². The van der Waals surface area contributed by atoms with Crippen LogP contribution in [-0.4, -0.2) is 51.3 Å². The van der Waals surface area contributed by atoms with Crippen molar-refractivity contribution >= 4 is 35.8 Å². The van der Waals surface area contributed by atoms with E-state index in [1.807, 2.05) is 0 Å². The van der Waals surface area contributed by atoms with Crippen molar-refractivity contribution in [3.63, 3.8) is 0 Å². The molecule has 1 aliphatic carbocycles. The van der Waals surface area contributed by atoms with Gasteiger partial charge in [-0.3, -0.25) is 9.79 Å². The minimum atomic E-state index is 0. The van der Waals surface area contributed by atoms with Crippen LogP contribution in [0.25, 0.3) is 0 Å². The molecule has 0 aliphatic heterocycles. The van der Waals surface area contributed by atoms with Gasteiger partial charge in [0.1, 0.15) is 0 Å². The normalized spacial score (nSPS) is 15.5. The third-order valence-electron chi connectivity index (χ3n) is 4.01. The maximum absolute atomic E-state index is 11.9. The smallest absolute Gasteiger partial charge is 0.239 e. The first-order chi connectivity index (χ1) is 11.3. The van der Waals surface area contributed by atoms with E-state index < -0.39 is 0 Å². The molecule has 1 amide bonds. The summed E-state index contributed by atoms with van der Waals surface area (Å²) in [5, 5.41) is 9.34. The van der Waals surface area contributed by atoms with Crippen LogP contribution in [0.15, 0.2) is 4.99 Å². The molecule has 0 aromatic carbocycles. The Morgan fingerprint density at radius 3 is 2.50 bits per heavy atom. The fourth-order valence-corrected chi connectivity index (χ4v) is 2.64. The van der Waals surface area contributed by atoms with E-state index in [2.05, 4.69) is 27.9 Å². The highest BCUT2D eigenvalue weighted by Gasteiger charge is 2.15. The van der Waals surface area contributed by atoms with Gasteiger partial charge in [0, 0.05) is 32.8 Å². The minimum absolute atomic E-state index is 0. The number of ether oxygens (including phenoxy) is 1. The van der Waals surface area contributed by atoms with Gasteiger partial charge in [-0.05, 0) is 25.7 Å². The van der Waals surface area contributed by atoms with Gasteiger partial charge in [-0.25, -0.2) is 0 Å². The molecule has 0 bridgehead atoms. The summed E-state index contributed by atoms with van der Waals surface area (Å²) >= 11 is 0. The number of guanidine groups is 1. The Morgan fingerprint density at radius 1 is 1.12 bits per heavy atom. The Kier molecular flexibility index (Phi) is 15.6. The summed E-state index contributed by atoms with van der Waals surface area (Å²) in [5.41, 5.74) is 0. The van der Waals surface area contributed by atoms with Crippen molar-refractivity contribution in [2.24, 2.45) is 4.99 Å². The highest BCUT2D eigenvalue weighted by molar-refractivity contribution is 14.0. The number of halogens is 1. The molecule has 1 aliphatic rings. The molecule has 0 aromatic rings. The SMILES string of the molecule is CCCCOCCCNC(=NC)NCC(=O)NC1CCCCC1.I. The number of rotatable bonds is 10. The number of nitrogens with zero attached hydrogens (tertiary/aromatic N) is 1. The number of hydrogen-bond acceptors (Lipinski definition) is 3. The Labute approximate surface area is 164 Å². The van der Waals surface area contributed by atoms with Crippen LogP contribution in [0.4, 0.5) is 0 Å². The number of nitrogens with one attached hydrogen (secondary N) is 3. The quantitative estimate of drug-likeness (QED) is 0.205. The van der Waals surface area contributed by atoms with E-state index in [1.165, 1.54) is 19.3 Å². The second-order valence-corrected chi connectivity index (χ2v) is 6.07. The fourth-order valence-electron chi connectivity index (χ4n) is 2.64. The number of carbonyl (C=O) groups is 1. The lowest BCUT2D eigenvalue weighted by atomic mass is 9.95. The fraction of sp³-hybridized carbons (Fsp3) is 0.882. The van der Waals surface area contributed by atoms with Crippen LogP contribution >= 0.6 is 24.0 Å². The van der Waals surface area contributed by atoms with Crippen molar-refractivity contribution in [3.8, 4) is 0 Å². The van der Waals surface area contributed by atoms with Crippen molar-refractivity contribution in [2.75, 3.05) is 33.4 Å². The number of hydrogen-bond donors (Lipinski definition) is 3. The molecular weight excluding hydrogens is 419 g/mol. The maximum atomic E-state index is 11.9. The largest absolute Gasteiger partial charge is 0.381 e. The van der Waals surface area contributed by atoms with Crippen LogP contribution in [-0.2, 0) is 9.53 Å². The average Bonchev–Trinajstić information content (AvgIpc) is 2.57. The molecule has 6 nitrogen and oxygen atoms in total. The molecule has 3 N–H and O–H groups in total. The van der Waals surface area contributed by atoms with Gasteiger partial charge >= 0.3 is 0 Å². The first kappa shape index (κ1) is 23.4. The molecule has 0 saturated heterocycles. The first-order valence-electron chi connectivity index (χ1n) is 9.08. The molecule has 7 heteroatoms. The Morgan fingerprint density at radius 2 is 1.83 bits per heavy atom. The van der Waals surface area contributed by atoms with Crippen molar-refractivity contribution in [1.82, 2.24) is 16.0 Å². The topological polar surface area (TPSA) is 74.8 Å². The number of carbonyl (C=O) groups excluding carboxylic acids is 1. The number of unbranched alkanes of at least 4 members (excludes halogenated alkanes) is 1. The summed E-state index contributed by atoms with van der Waals surface area (Å²) in [4.78, 5) is 16.1. The summed E-state index contributed by atoms with van der Waals surface area (Å²) < 4.78 is 5.51. The van der Waals surface area contributed by atoms with E-state index in [0.29, 0.717) is 12.0 Å². The second-order valence-electron chi connectivity index (χ2n) is 6.07. The van der Waals surface area contributed by atoms with Gasteiger partial charge in [0.05, 0.1) is 6.54 Å². The second kappa shape index (κ2) is 15.9. The molecule has 1 saturated carbocycles. The van der Waals surface area contributed by atoms with E-state index in [0.717, 1.165) is 51.9 Å².